The molecule has 125 valence electrons. The van der Waals surface area contributed by atoms with E-state index in [0.29, 0.717) is 25.4 Å². The van der Waals surface area contributed by atoms with E-state index in [1.165, 1.54) is 34.2 Å². The molecule has 2 unspecified atom stereocenters. The van der Waals surface area contributed by atoms with Crippen molar-refractivity contribution in [3.63, 3.8) is 0 Å². The van der Waals surface area contributed by atoms with Gasteiger partial charge in [0, 0.05) is 24.4 Å². The fraction of sp³-hybridized carbons (Fsp3) is 0.650. The maximum absolute atomic E-state index is 12.8. The van der Waals surface area contributed by atoms with E-state index < -0.39 is 0 Å². The summed E-state index contributed by atoms with van der Waals surface area (Å²) in [6.07, 6.45) is 2.19. The second kappa shape index (κ2) is 8.85. The smallest absolute Gasteiger partial charge is 0.181 e. The van der Waals surface area contributed by atoms with Crippen LogP contribution >= 0.6 is 8.58 Å². The molecule has 0 fully saturated rings. The van der Waals surface area contributed by atoms with Crippen molar-refractivity contribution in [3.05, 3.63) is 33.4 Å². The normalized spacial score (nSPS) is 13.3. The molecule has 0 saturated heterocycles. The van der Waals surface area contributed by atoms with Gasteiger partial charge in [-0.25, -0.2) is 0 Å². The van der Waals surface area contributed by atoms with Gasteiger partial charge in [0.2, 0.25) is 0 Å². The van der Waals surface area contributed by atoms with Crippen LogP contribution in [0.5, 0.6) is 0 Å². The van der Waals surface area contributed by atoms with Crippen LogP contribution in [-0.4, -0.2) is 30.5 Å². The molecule has 1 nitrogen and oxygen atoms in total. The van der Waals surface area contributed by atoms with Crippen molar-refractivity contribution >= 4 is 33.0 Å². The van der Waals surface area contributed by atoms with Crippen molar-refractivity contribution in [1.29, 1.82) is 0 Å². The standard InChI is InChI=1S/C20H33OP.Li/c1-12(10-20(7,8)9)11-22-19(21)18-16(5)14(3)13(2)15(4)17(18)6;/h12,22H,10-11H2,1-9H3;. The number of carbonyl (C=O) groups is 1. The zero-order valence-electron chi connectivity index (χ0n) is 16.9. The fourth-order valence-electron chi connectivity index (χ4n) is 3.31. The quantitative estimate of drug-likeness (QED) is 0.498. The zero-order chi connectivity index (χ0) is 17.2. The van der Waals surface area contributed by atoms with E-state index in [1.54, 1.807) is 0 Å². The Morgan fingerprint density at radius 2 is 1.30 bits per heavy atom. The van der Waals surface area contributed by atoms with Gasteiger partial charge in [-0.15, -0.1) is 0 Å². The van der Waals surface area contributed by atoms with Crippen molar-refractivity contribution in [2.75, 3.05) is 6.16 Å². The molecule has 0 aliphatic heterocycles. The Balaban J connectivity index is 0.00000484. The van der Waals surface area contributed by atoms with Crippen molar-refractivity contribution in [3.8, 4) is 0 Å². The SMILES string of the molecule is Cc1c(C)c(C)c(C(=O)PCC(C)CC(C)(C)C)c(C)c1C.[Li]. The summed E-state index contributed by atoms with van der Waals surface area (Å²) in [5.41, 5.74) is 7.93. The minimum Gasteiger partial charge on any atom is -0.289 e. The second-order valence-electron chi connectivity index (χ2n) is 8.08. The van der Waals surface area contributed by atoms with Crippen LogP contribution in [0.2, 0.25) is 0 Å². The third-order valence-corrected chi connectivity index (χ3v) is 6.27. The third kappa shape index (κ3) is 6.05. The first-order valence-electron chi connectivity index (χ1n) is 8.31. The summed E-state index contributed by atoms with van der Waals surface area (Å²) in [6.45, 7) is 19.7. The average Bonchev–Trinajstić information content (AvgIpc) is 2.39. The molecule has 1 aromatic rings. The summed E-state index contributed by atoms with van der Waals surface area (Å²) < 4.78 is 0. The Bertz CT molecular complexity index is 541. The maximum atomic E-state index is 12.8. The number of hydrogen-bond donors (Lipinski definition) is 0. The molecule has 0 spiro atoms. The Kier molecular flexibility index (Phi) is 8.82. The van der Waals surface area contributed by atoms with Gasteiger partial charge < -0.3 is 0 Å². The van der Waals surface area contributed by atoms with E-state index >= 15 is 0 Å². The topological polar surface area (TPSA) is 17.1 Å². The minimum absolute atomic E-state index is 0. The summed E-state index contributed by atoms with van der Waals surface area (Å²) in [4.78, 5) is 12.8. The molecule has 3 heteroatoms. The van der Waals surface area contributed by atoms with E-state index in [4.69, 9.17) is 0 Å². The van der Waals surface area contributed by atoms with Crippen LogP contribution in [0, 0.1) is 46.0 Å². The van der Waals surface area contributed by atoms with Crippen molar-refractivity contribution in [2.24, 2.45) is 11.3 Å². The maximum Gasteiger partial charge on any atom is 0.181 e. The summed E-state index contributed by atoms with van der Waals surface area (Å²) in [7, 11) is 0.393. The van der Waals surface area contributed by atoms with Gasteiger partial charge in [0.25, 0.3) is 0 Å². The zero-order valence-corrected chi connectivity index (χ0v) is 17.9. The van der Waals surface area contributed by atoms with Gasteiger partial charge in [-0.05, 0) is 94.9 Å². The molecule has 0 N–H and O–H groups in total. The number of rotatable bonds is 5. The van der Waals surface area contributed by atoms with Crippen LogP contribution in [0.25, 0.3) is 0 Å². The predicted octanol–water partition coefficient (Wildman–Crippen LogP) is 5.74. The van der Waals surface area contributed by atoms with E-state index in [0.717, 1.165) is 11.7 Å². The van der Waals surface area contributed by atoms with Gasteiger partial charge in [-0.2, -0.15) is 0 Å². The molecule has 0 aromatic heterocycles. The largest absolute Gasteiger partial charge is 0.289 e. The van der Waals surface area contributed by atoms with Gasteiger partial charge in [0.1, 0.15) is 0 Å². The molecule has 1 rings (SSSR count). The Morgan fingerprint density at radius 1 is 0.913 bits per heavy atom. The van der Waals surface area contributed by atoms with E-state index in [9.17, 15) is 4.79 Å². The van der Waals surface area contributed by atoms with Crippen molar-refractivity contribution in [1.82, 2.24) is 0 Å². The molecule has 1 aromatic carbocycles. The molecular formula is C20H33LiOP. The van der Waals surface area contributed by atoms with Gasteiger partial charge in [-0.3, -0.25) is 4.79 Å². The molecular weight excluding hydrogens is 294 g/mol. The summed E-state index contributed by atoms with van der Waals surface area (Å²) in [5.74, 6) is 0.607. The monoisotopic (exact) mass is 327 g/mol. The molecule has 0 aliphatic carbocycles. The average molecular weight is 327 g/mol. The van der Waals surface area contributed by atoms with Gasteiger partial charge in [0.05, 0.1) is 0 Å². The first-order valence-corrected chi connectivity index (χ1v) is 9.51. The predicted molar refractivity (Wildman–Crippen MR) is 107 cm³/mol. The number of carbonyl (C=O) groups excluding carboxylic acids is 1. The van der Waals surface area contributed by atoms with Gasteiger partial charge >= 0.3 is 0 Å². The van der Waals surface area contributed by atoms with Crippen LogP contribution in [0.1, 0.15) is 72.3 Å². The Morgan fingerprint density at radius 3 is 1.70 bits per heavy atom. The van der Waals surface area contributed by atoms with Crippen molar-refractivity contribution in [2.45, 2.75) is 68.7 Å². The molecule has 2 atom stereocenters. The first-order chi connectivity index (χ1) is 9.95. The third-order valence-electron chi connectivity index (χ3n) is 4.80. The van der Waals surface area contributed by atoms with E-state index in [1.807, 2.05) is 0 Å². The minimum atomic E-state index is 0. The molecule has 0 bridgehead atoms. The second-order valence-corrected chi connectivity index (χ2v) is 9.30. The van der Waals surface area contributed by atoms with Crippen molar-refractivity contribution < 1.29 is 4.79 Å². The number of hydrogen-bond acceptors (Lipinski definition) is 1. The van der Waals surface area contributed by atoms with E-state index in [2.05, 4.69) is 62.3 Å². The van der Waals surface area contributed by atoms with Gasteiger partial charge in [0.15, 0.2) is 5.52 Å². The van der Waals surface area contributed by atoms with E-state index in [-0.39, 0.29) is 18.9 Å². The first kappa shape index (κ1) is 22.9. The molecule has 0 amide bonds. The summed E-state index contributed by atoms with van der Waals surface area (Å²) in [5, 5.41) is 0. The summed E-state index contributed by atoms with van der Waals surface area (Å²) in [6, 6.07) is 0. The molecule has 0 saturated carbocycles. The molecule has 1 radical (unpaired) electrons. The Labute approximate surface area is 157 Å². The molecule has 23 heavy (non-hydrogen) atoms. The molecule has 0 aliphatic rings. The fourth-order valence-corrected chi connectivity index (χ4v) is 4.54. The van der Waals surface area contributed by atoms with Crippen LogP contribution in [-0.2, 0) is 0 Å². The van der Waals surface area contributed by atoms with Crippen LogP contribution in [0.15, 0.2) is 0 Å². The Hall–Kier alpha value is -0.0826. The number of benzene rings is 1. The van der Waals surface area contributed by atoms with Crippen LogP contribution in [0.3, 0.4) is 0 Å². The molecule has 0 heterocycles. The van der Waals surface area contributed by atoms with Crippen LogP contribution in [0.4, 0.5) is 0 Å². The van der Waals surface area contributed by atoms with Crippen LogP contribution < -0.4 is 0 Å². The summed E-state index contributed by atoms with van der Waals surface area (Å²) >= 11 is 0. The van der Waals surface area contributed by atoms with Gasteiger partial charge in [-0.1, -0.05) is 27.7 Å².